The van der Waals surface area contributed by atoms with Crippen molar-refractivity contribution < 1.29 is 9.90 Å². The summed E-state index contributed by atoms with van der Waals surface area (Å²) < 4.78 is 2.14. The molecule has 6 heteroatoms. The van der Waals surface area contributed by atoms with Crippen LogP contribution in [0.5, 0.6) is 0 Å². The lowest BCUT2D eigenvalue weighted by Gasteiger charge is -2.30. The SMILES string of the molecule is CCCCn1ccnc1-c1cccc(NC(=O)N2CCCC(O)C2)c1. The van der Waals surface area contributed by atoms with Gasteiger partial charge in [-0.1, -0.05) is 25.5 Å². The molecule has 2 aromatic rings. The fourth-order valence-electron chi connectivity index (χ4n) is 3.16. The maximum Gasteiger partial charge on any atom is 0.321 e. The van der Waals surface area contributed by atoms with Crippen LogP contribution in [-0.4, -0.2) is 44.8 Å². The summed E-state index contributed by atoms with van der Waals surface area (Å²) in [6.07, 6.45) is 7.23. The average Bonchev–Trinajstić information content (AvgIpc) is 3.08. The number of benzene rings is 1. The Morgan fingerprint density at radius 3 is 3.12 bits per heavy atom. The molecular weight excluding hydrogens is 316 g/mol. The van der Waals surface area contributed by atoms with Gasteiger partial charge in [0.1, 0.15) is 5.82 Å². The predicted octanol–water partition coefficient (Wildman–Crippen LogP) is 3.34. The number of hydrogen-bond acceptors (Lipinski definition) is 3. The second-order valence-corrected chi connectivity index (χ2v) is 6.55. The van der Waals surface area contributed by atoms with E-state index in [9.17, 15) is 9.90 Å². The van der Waals surface area contributed by atoms with Gasteiger partial charge >= 0.3 is 6.03 Å². The number of likely N-dealkylation sites (tertiary alicyclic amines) is 1. The van der Waals surface area contributed by atoms with Crippen molar-refractivity contribution in [3.05, 3.63) is 36.7 Å². The molecule has 1 aliphatic rings. The maximum atomic E-state index is 12.4. The lowest BCUT2D eigenvalue weighted by atomic mass is 10.1. The van der Waals surface area contributed by atoms with Crippen LogP contribution in [0.25, 0.3) is 11.4 Å². The molecule has 6 nitrogen and oxygen atoms in total. The minimum absolute atomic E-state index is 0.162. The first kappa shape index (κ1) is 17.5. The van der Waals surface area contributed by atoms with Crippen LogP contribution in [0.4, 0.5) is 10.5 Å². The van der Waals surface area contributed by atoms with Crippen LogP contribution in [-0.2, 0) is 6.54 Å². The van der Waals surface area contributed by atoms with Gasteiger partial charge in [-0.25, -0.2) is 9.78 Å². The molecule has 3 rings (SSSR count). The lowest BCUT2D eigenvalue weighted by molar-refractivity contribution is 0.0883. The number of aliphatic hydroxyl groups is 1. The smallest absolute Gasteiger partial charge is 0.321 e. The van der Waals surface area contributed by atoms with E-state index in [0.29, 0.717) is 13.1 Å². The zero-order valence-electron chi connectivity index (χ0n) is 14.7. The standard InChI is InChI=1S/C19H26N4O2/c1-2-3-10-22-12-9-20-18(22)15-6-4-7-16(13-15)21-19(25)23-11-5-8-17(24)14-23/h4,6-7,9,12-13,17,24H,2-3,5,8,10-11,14H2,1H3,(H,21,25). The van der Waals surface area contributed by atoms with Gasteiger partial charge in [0.05, 0.1) is 6.10 Å². The Morgan fingerprint density at radius 1 is 1.44 bits per heavy atom. The molecule has 134 valence electrons. The number of carbonyl (C=O) groups excluding carboxylic acids is 1. The van der Waals surface area contributed by atoms with E-state index in [1.807, 2.05) is 36.7 Å². The fraction of sp³-hybridized carbons (Fsp3) is 0.474. The van der Waals surface area contributed by atoms with Gasteiger partial charge in [-0.3, -0.25) is 0 Å². The maximum absolute atomic E-state index is 12.4. The van der Waals surface area contributed by atoms with Crippen molar-refractivity contribution in [1.82, 2.24) is 14.5 Å². The third kappa shape index (κ3) is 4.39. The van der Waals surface area contributed by atoms with E-state index in [4.69, 9.17) is 0 Å². The second kappa shape index (κ2) is 8.16. The molecule has 1 aromatic heterocycles. The number of urea groups is 1. The van der Waals surface area contributed by atoms with Crippen LogP contribution < -0.4 is 5.32 Å². The molecule has 0 spiro atoms. The van der Waals surface area contributed by atoms with Crippen molar-refractivity contribution in [2.75, 3.05) is 18.4 Å². The number of rotatable bonds is 5. The van der Waals surface area contributed by atoms with Crippen molar-refractivity contribution in [3.63, 3.8) is 0 Å². The number of β-amino-alcohol motifs (C(OH)–C–C–N with tert-alkyl or cyclic N) is 1. The van der Waals surface area contributed by atoms with Crippen LogP contribution in [0.1, 0.15) is 32.6 Å². The monoisotopic (exact) mass is 342 g/mol. The largest absolute Gasteiger partial charge is 0.391 e. The minimum Gasteiger partial charge on any atom is -0.391 e. The van der Waals surface area contributed by atoms with Gasteiger partial charge in [-0.05, 0) is 31.4 Å². The van der Waals surface area contributed by atoms with Gasteiger partial charge < -0.3 is 19.9 Å². The van der Waals surface area contributed by atoms with E-state index in [1.165, 1.54) is 0 Å². The molecule has 2 heterocycles. The van der Waals surface area contributed by atoms with E-state index in [0.717, 1.165) is 49.3 Å². The first-order valence-electron chi connectivity index (χ1n) is 9.03. The highest BCUT2D eigenvalue weighted by Crippen LogP contribution is 2.22. The topological polar surface area (TPSA) is 70.4 Å². The van der Waals surface area contributed by atoms with Gasteiger partial charge in [0.2, 0.25) is 0 Å². The number of aromatic nitrogens is 2. The number of unbranched alkanes of at least 4 members (excludes halogenated alkanes) is 1. The molecule has 1 saturated heterocycles. The highest BCUT2D eigenvalue weighted by molar-refractivity contribution is 5.90. The molecule has 1 fully saturated rings. The van der Waals surface area contributed by atoms with Crippen LogP contribution in [0, 0.1) is 0 Å². The summed E-state index contributed by atoms with van der Waals surface area (Å²) in [5.41, 5.74) is 1.73. The van der Waals surface area contributed by atoms with E-state index >= 15 is 0 Å². The van der Waals surface area contributed by atoms with Crippen molar-refractivity contribution in [1.29, 1.82) is 0 Å². The summed E-state index contributed by atoms with van der Waals surface area (Å²) in [5.74, 6) is 0.915. The molecule has 0 radical (unpaired) electrons. The number of amides is 2. The third-order valence-corrected chi connectivity index (χ3v) is 4.52. The van der Waals surface area contributed by atoms with Gasteiger partial charge in [0.15, 0.2) is 0 Å². The summed E-state index contributed by atoms with van der Waals surface area (Å²) in [6.45, 7) is 4.19. The second-order valence-electron chi connectivity index (χ2n) is 6.55. The van der Waals surface area contributed by atoms with Crippen molar-refractivity contribution in [2.45, 2.75) is 45.3 Å². The molecule has 0 bridgehead atoms. The van der Waals surface area contributed by atoms with Gasteiger partial charge in [-0.15, -0.1) is 0 Å². The number of aliphatic hydroxyl groups excluding tert-OH is 1. The number of imidazole rings is 1. The van der Waals surface area contributed by atoms with Crippen molar-refractivity contribution in [2.24, 2.45) is 0 Å². The first-order chi connectivity index (χ1) is 12.2. The molecule has 1 aliphatic heterocycles. The first-order valence-corrected chi connectivity index (χ1v) is 9.03. The fourth-order valence-corrected chi connectivity index (χ4v) is 3.16. The number of anilines is 1. The van der Waals surface area contributed by atoms with E-state index in [2.05, 4.69) is 21.8 Å². The van der Waals surface area contributed by atoms with Gasteiger partial charge in [0.25, 0.3) is 0 Å². The molecule has 0 aliphatic carbocycles. The molecule has 25 heavy (non-hydrogen) atoms. The predicted molar refractivity (Wildman–Crippen MR) is 98.4 cm³/mol. The Hall–Kier alpha value is -2.34. The Kier molecular flexibility index (Phi) is 5.71. The van der Waals surface area contributed by atoms with Crippen LogP contribution in [0.15, 0.2) is 36.7 Å². The Bertz CT molecular complexity index is 713. The minimum atomic E-state index is -0.420. The Morgan fingerprint density at radius 2 is 2.32 bits per heavy atom. The number of piperidine rings is 1. The summed E-state index contributed by atoms with van der Waals surface area (Å²) >= 11 is 0. The highest BCUT2D eigenvalue weighted by atomic mass is 16.3. The van der Waals surface area contributed by atoms with Crippen LogP contribution in [0.2, 0.25) is 0 Å². The zero-order chi connectivity index (χ0) is 17.6. The van der Waals surface area contributed by atoms with Gasteiger partial charge in [-0.2, -0.15) is 0 Å². The Labute approximate surface area is 148 Å². The molecule has 2 amide bonds. The molecule has 1 atom stereocenters. The van der Waals surface area contributed by atoms with Crippen molar-refractivity contribution in [3.8, 4) is 11.4 Å². The average molecular weight is 342 g/mol. The number of nitrogens with one attached hydrogen (secondary N) is 1. The summed E-state index contributed by atoms with van der Waals surface area (Å²) in [5, 5.41) is 12.7. The van der Waals surface area contributed by atoms with Crippen LogP contribution >= 0.6 is 0 Å². The zero-order valence-corrected chi connectivity index (χ0v) is 14.7. The molecular formula is C19H26N4O2. The van der Waals surface area contributed by atoms with Crippen LogP contribution in [0.3, 0.4) is 0 Å². The Balaban J connectivity index is 1.71. The number of nitrogens with zero attached hydrogens (tertiary/aromatic N) is 3. The van der Waals surface area contributed by atoms with E-state index in [1.54, 1.807) is 4.90 Å². The third-order valence-electron chi connectivity index (χ3n) is 4.52. The summed E-state index contributed by atoms with van der Waals surface area (Å²) in [7, 11) is 0. The number of aryl methyl sites for hydroxylation is 1. The summed E-state index contributed by atoms with van der Waals surface area (Å²) in [4.78, 5) is 18.5. The van der Waals surface area contributed by atoms with Gasteiger partial charge in [0, 0.05) is 43.3 Å². The molecule has 1 unspecified atom stereocenters. The lowest BCUT2D eigenvalue weighted by Crippen LogP contribution is -2.44. The quantitative estimate of drug-likeness (QED) is 0.875. The number of hydrogen-bond donors (Lipinski definition) is 2. The highest BCUT2D eigenvalue weighted by Gasteiger charge is 2.22. The summed E-state index contributed by atoms with van der Waals surface area (Å²) in [6, 6.07) is 7.59. The normalized spacial score (nSPS) is 17.5. The molecule has 1 aromatic carbocycles. The number of carbonyl (C=O) groups is 1. The molecule has 2 N–H and O–H groups in total. The van der Waals surface area contributed by atoms with Crippen molar-refractivity contribution >= 4 is 11.7 Å². The van der Waals surface area contributed by atoms with E-state index < -0.39 is 6.10 Å². The molecule has 0 saturated carbocycles. The van der Waals surface area contributed by atoms with E-state index in [-0.39, 0.29) is 6.03 Å².